The molecule has 21 heavy (non-hydrogen) atoms. The lowest BCUT2D eigenvalue weighted by molar-refractivity contribution is 0.298. The van der Waals surface area contributed by atoms with E-state index in [1.54, 1.807) is 0 Å². The van der Waals surface area contributed by atoms with E-state index in [2.05, 4.69) is 0 Å². The van der Waals surface area contributed by atoms with E-state index >= 15 is 0 Å². The summed E-state index contributed by atoms with van der Waals surface area (Å²) in [6.07, 6.45) is 1.19. The number of hydrogen-bond acceptors (Lipinski definition) is 2. The largest absolute Gasteiger partial charge is 0.491 e. The minimum Gasteiger partial charge on any atom is -0.491 e. The van der Waals surface area contributed by atoms with Crippen molar-refractivity contribution >= 4 is 10.8 Å². The summed E-state index contributed by atoms with van der Waals surface area (Å²) < 4.78 is 20.1. The van der Waals surface area contributed by atoms with Crippen LogP contribution in [0.25, 0.3) is 10.8 Å². The van der Waals surface area contributed by atoms with Gasteiger partial charge in [0, 0.05) is 17.6 Å². The summed E-state index contributed by atoms with van der Waals surface area (Å²) >= 11 is 0. The molecular formula is C17H14FNO2. The molecule has 3 aromatic rings. The first-order chi connectivity index (χ1) is 10.2. The van der Waals surface area contributed by atoms with E-state index in [9.17, 15) is 9.18 Å². The maximum Gasteiger partial charge on any atom is 0.250 e. The zero-order valence-corrected chi connectivity index (χ0v) is 11.3. The van der Waals surface area contributed by atoms with Gasteiger partial charge in [0.1, 0.15) is 18.2 Å². The predicted octanol–water partition coefficient (Wildman–Crippen LogP) is 3.22. The molecular weight excluding hydrogens is 269 g/mol. The van der Waals surface area contributed by atoms with Gasteiger partial charge in [0.05, 0.1) is 6.54 Å². The molecule has 0 radical (unpaired) electrons. The van der Waals surface area contributed by atoms with Gasteiger partial charge >= 0.3 is 0 Å². The van der Waals surface area contributed by atoms with E-state index in [1.807, 2.05) is 42.5 Å². The lowest BCUT2D eigenvalue weighted by Crippen LogP contribution is -2.22. The van der Waals surface area contributed by atoms with Crippen LogP contribution in [0.3, 0.4) is 0 Å². The Hall–Kier alpha value is -2.62. The Morgan fingerprint density at radius 1 is 1.00 bits per heavy atom. The number of nitrogens with zero attached hydrogens (tertiary/aromatic N) is 1. The standard InChI is InChI=1S/C17H14FNO2/c18-14-8-9-17(20)19(12-14)10-11-21-16-7-3-5-13-4-1-2-6-15(13)16/h1-9,12H,10-11H2. The van der Waals surface area contributed by atoms with Crippen LogP contribution in [0.1, 0.15) is 0 Å². The fraction of sp³-hybridized carbons (Fsp3) is 0.118. The molecule has 1 aromatic heterocycles. The molecule has 0 saturated carbocycles. The Morgan fingerprint density at radius 3 is 2.71 bits per heavy atom. The number of rotatable bonds is 4. The fourth-order valence-electron chi connectivity index (χ4n) is 2.25. The predicted molar refractivity (Wildman–Crippen MR) is 80.1 cm³/mol. The molecule has 0 bridgehead atoms. The highest BCUT2D eigenvalue weighted by Crippen LogP contribution is 2.24. The maximum atomic E-state index is 13.1. The number of hydrogen-bond donors (Lipinski definition) is 0. The molecule has 0 atom stereocenters. The van der Waals surface area contributed by atoms with Crippen molar-refractivity contribution in [1.29, 1.82) is 0 Å². The second kappa shape index (κ2) is 5.79. The zero-order chi connectivity index (χ0) is 14.7. The zero-order valence-electron chi connectivity index (χ0n) is 11.3. The van der Waals surface area contributed by atoms with E-state index in [0.717, 1.165) is 22.6 Å². The molecule has 0 N–H and O–H groups in total. The van der Waals surface area contributed by atoms with E-state index in [-0.39, 0.29) is 5.56 Å². The third-order valence-corrected chi connectivity index (χ3v) is 3.29. The van der Waals surface area contributed by atoms with Crippen LogP contribution in [-0.4, -0.2) is 11.2 Å². The topological polar surface area (TPSA) is 31.2 Å². The van der Waals surface area contributed by atoms with Gasteiger partial charge in [-0.1, -0.05) is 36.4 Å². The highest BCUT2D eigenvalue weighted by molar-refractivity contribution is 5.88. The third-order valence-electron chi connectivity index (χ3n) is 3.29. The van der Waals surface area contributed by atoms with E-state index < -0.39 is 5.82 Å². The van der Waals surface area contributed by atoms with Gasteiger partial charge in [-0.2, -0.15) is 0 Å². The second-order valence-corrected chi connectivity index (χ2v) is 4.70. The molecule has 4 heteroatoms. The van der Waals surface area contributed by atoms with E-state index in [0.29, 0.717) is 13.2 Å². The van der Waals surface area contributed by atoms with Crippen molar-refractivity contribution in [2.45, 2.75) is 6.54 Å². The highest BCUT2D eigenvalue weighted by Gasteiger charge is 2.02. The Balaban J connectivity index is 1.75. The van der Waals surface area contributed by atoms with E-state index in [1.165, 1.54) is 16.8 Å². The Morgan fingerprint density at radius 2 is 1.81 bits per heavy atom. The summed E-state index contributed by atoms with van der Waals surface area (Å²) in [6, 6.07) is 16.1. The van der Waals surface area contributed by atoms with Crippen LogP contribution in [0.2, 0.25) is 0 Å². The van der Waals surface area contributed by atoms with Crippen LogP contribution in [0.4, 0.5) is 4.39 Å². The van der Waals surface area contributed by atoms with Gasteiger partial charge in [-0.25, -0.2) is 4.39 Å². The van der Waals surface area contributed by atoms with Crippen LogP contribution in [0, 0.1) is 5.82 Å². The number of benzene rings is 2. The van der Waals surface area contributed by atoms with Gasteiger partial charge in [-0.3, -0.25) is 4.79 Å². The van der Waals surface area contributed by atoms with Crippen molar-refractivity contribution in [3.8, 4) is 5.75 Å². The first kappa shape index (κ1) is 13.4. The van der Waals surface area contributed by atoms with Crippen molar-refractivity contribution in [1.82, 2.24) is 4.57 Å². The first-order valence-electron chi connectivity index (χ1n) is 6.70. The summed E-state index contributed by atoms with van der Waals surface area (Å²) in [7, 11) is 0. The summed E-state index contributed by atoms with van der Waals surface area (Å²) in [5.41, 5.74) is -0.238. The van der Waals surface area contributed by atoms with Gasteiger partial charge in [-0.05, 0) is 17.5 Å². The highest BCUT2D eigenvalue weighted by atomic mass is 19.1. The van der Waals surface area contributed by atoms with Crippen LogP contribution in [0.15, 0.2) is 65.6 Å². The molecule has 2 aromatic carbocycles. The smallest absolute Gasteiger partial charge is 0.250 e. The molecule has 3 nitrogen and oxygen atoms in total. The quantitative estimate of drug-likeness (QED) is 0.736. The van der Waals surface area contributed by atoms with E-state index in [4.69, 9.17) is 4.74 Å². The van der Waals surface area contributed by atoms with Crippen molar-refractivity contribution in [2.24, 2.45) is 0 Å². The third kappa shape index (κ3) is 2.94. The Bertz CT molecular complexity index is 821. The number of fused-ring (bicyclic) bond motifs is 1. The number of ether oxygens (including phenoxy) is 1. The minimum absolute atomic E-state index is 0.238. The van der Waals surface area contributed by atoms with Gasteiger partial charge in [0.2, 0.25) is 0 Å². The fourth-order valence-corrected chi connectivity index (χ4v) is 2.25. The average Bonchev–Trinajstić information content (AvgIpc) is 2.51. The summed E-state index contributed by atoms with van der Waals surface area (Å²) in [5, 5.41) is 2.12. The Labute approximate surface area is 121 Å². The van der Waals surface area contributed by atoms with Gasteiger partial charge in [0.15, 0.2) is 0 Å². The average molecular weight is 283 g/mol. The number of halogens is 1. The SMILES string of the molecule is O=c1ccc(F)cn1CCOc1cccc2ccccc12. The molecule has 0 spiro atoms. The van der Waals surface area contributed by atoms with Gasteiger partial charge < -0.3 is 9.30 Å². The lowest BCUT2D eigenvalue weighted by Gasteiger charge is -2.10. The van der Waals surface area contributed by atoms with Crippen LogP contribution in [0.5, 0.6) is 5.75 Å². The lowest BCUT2D eigenvalue weighted by atomic mass is 10.1. The van der Waals surface area contributed by atoms with Gasteiger partial charge in [0.25, 0.3) is 5.56 Å². The molecule has 1 heterocycles. The van der Waals surface area contributed by atoms with Crippen LogP contribution < -0.4 is 10.3 Å². The van der Waals surface area contributed by atoms with Crippen molar-refractivity contribution in [3.05, 3.63) is 77.0 Å². The molecule has 0 unspecified atom stereocenters. The molecule has 106 valence electrons. The minimum atomic E-state index is -0.431. The maximum absolute atomic E-state index is 13.1. The summed E-state index contributed by atoms with van der Waals surface area (Å²) in [6.45, 7) is 0.608. The molecule has 0 amide bonds. The Kier molecular flexibility index (Phi) is 3.69. The second-order valence-electron chi connectivity index (χ2n) is 4.70. The molecule has 0 fully saturated rings. The summed E-state index contributed by atoms with van der Waals surface area (Å²) in [4.78, 5) is 11.6. The first-order valence-corrected chi connectivity index (χ1v) is 6.70. The molecule has 0 aliphatic rings. The van der Waals surface area contributed by atoms with Crippen molar-refractivity contribution in [3.63, 3.8) is 0 Å². The number of pyridine rings is 1. The van der Waals surface area contributed by atoms with Crippen LogP contribution >= 0.6 is 0 Å². The van der Waals surface area contributed by atoms with Gasteiger partial charge in [-0.15, -0.1) is 0 Å². The molecule has 0 aliphatic heterocycles. The molecule has 3 rings (SSSR count). The van der Waals surface area contributed by atoms with Crippen molar-refractivity contribution < 1.29 is 9.13 Å². The molecule has 0 aliphatic carbocycles. The van der Waals surface area contributed by atoms with Crippen LogP contribution in [-0.2, 0) is 6.54 Å². The molecule has 0 saturated heterocycles. The monoisotopic (exact) mass is 283 g/mol. The van der Waals surface area contributed by atoms with Crippen molar-refractivity contribution in [2.75, 3.05) is 6.61 Å². The number of aromatic nitrogens is 1. The summed E-state index contributed by atoms with van der Waals surface area (Å²) in [5.74, 6) is 0.331. The normalized spacial score (nSPS) is 10.7.